The largest absolute Gasteiger partial charge is 0.508 e. The summed E-state index contributed by atoms with van der Waals surface area (Å²) in [6, 6.07) is 2.90. The van der Waals surface area contributed by atoms with E-state index in [1.165, 1.54) is 6.07 Å². The fraction of sp³-hybridized carbons (Fsp3) is 0.500. The van der Waals surface area contributed by atoms with Gasteiger partial charge in [-0.1, -0.05) is 19.1 Å². The Morgan fingerprint density at radius 1 is 1.42 bits per heavy atom. The highest BCUT2D eigenvalue weighted by Gasteiger charge is 2.44. The van der Waals surface area contributed by atoms with Gasteiger partial charge in [0.2, 0.25) is 0 Å². The molecular weight excluding hydrogens is 241 g/mol. The third kappa shape index (κ3) is 1.88. The second kappa shape index (κ2) is 4.34. The fourth-order valence-corrected chi connectivity index (χ4v) is 3.70. The van der Waals surface area contributed by atoms with Crippen LogP contribution in [0.25, 0.3) is 0 Å². The van der Waals surface area contributed by atoms with E-state index in [4.69, 9.17) is 5.73 Å². The molecule has 0 aliphatic heterocycles. The second-order valence-corrected chi connectivity index (χ2v) is 6.09. The molecule has 0 fully saturated rings. The Bertz CT molecular complexity index is 540. The molecule has 102 valence electrons. The van der Waals surface area contributed by atoms with Crippen molar-refractivity contribution in [2.24, 2.45) is 11.7 Å². The number of phenolic OH excluding ortho intramolecular Hbond substituents is 1. The molecule has 3 heteroatoms. The highest BCUT2D eigenvalue weighted by Crippen LogP contribution is 2.45. The van der Waals surface area contributed by atoms with Crippen molar-refractivity contribution in [3.05, 3.63) is 41.2 Å². The summed E-state index contributed by atoms with van der Waals surface area (Å²) in [4.78, 5) is 0. The van der Waals surface area contributed by atoms with E-state index in [-0.39, 0.29) is 28.9 Å². The van der Waals surface area contributed by atoms with Gasteiger partial charge < -0.3 is 10.8 Å². The Hall–Kier alpha value is -1.35. The number of fused-ring (bicyclic) bond motifs is 4. The standard InChI is InChI=1S/C16H20FNO/c1-16-6-4-2-3-5-10(15(16)18)7-12-13(16)8-11(19)9-14(12)17/h3,5,8-10,15,19H,2,4,6-7,18H2,1H3/t10-,15-,16+/m0/s1. The van der Waals surface area contributed by atoms with Crippen LogP contribution in [0.15, 0.2) is 24.3 Å². The van der Waals surface area contributed by atoms with Gasteiger partial charge in [-0.2, -0.15) is 0 Å². The van der Waals surface area contributed by atoms with E-state index < -0.39 is 0 Å². The summed E-state index contributed by atoms with van der Waals surface area (Å²) in [5.41, 5.74) is 7.84. The van der Waals surface area contributed by atoms with Crippen molar-refractivity contribution in [2.45, 2.75) is 44.1 Å². The van der Waals surface area contributed by atoms with Crippen molar-refractivity contribution in [3.8, 4) is 5.75 Å². The molecule has 2 aliphatic carbocycles. The Morgan fingerprint density at radius 3 is 3.00 bits per heavy atom. The average molecular weight is 261 g/mol. The smallest absolute Gasteiger partial charge is 0.130 e. The van der Waals surface area contributed by atoms with Crippen LogP contribution in [0.2, 0.25) is 0 Å². The van der Waals surface area contributed by atoms with Crippen LogP contribution in [0, 0.1) is 11.7 Å². The molecule has 1 aromatic rings. The number of rotatable bonds is 0. The van der Waals surface area contributed by atoms with E-state index in [0.29, 0.717) is 6.42 Å². The van der Waals surface area contributed by atoms with Crippen LogP contribution in [0.4, 0.5) is 4.39 Å². The number of nitrogens with two attached hydrogens (primary N) is 1. The van der Waals surface area contributed by atoms with E-state index >= 15 is 0 Å². The predicted molar refractivity (Wildman–Crippen MR) is 73.6 cm³/mol. The SMILES string of the molecule is C[C@@]12CCCC=C[C@@H](Cc3c(F)cc(O)cc31)[C@@H]2N. The molecule has 0 amide bonds. The summed E-state index contributed by atoms with van der Waals surface area (Å²) in [5, 5.41) is 9.70. The van der Waals surface area contributed by atoms with Gasteiger partial charge in [-0.05, 0) is 48.8 Å². The highest BCUT2D eigenvalue weighted by atomic mass is 19.1. The Labute approximate surface area is 113 Å². The van der Waals surface area contributed by atoms with Gasteiger partial charge in [0.25, 0.3) is 0 Å². The minimum Gasteiger partial charge on any atom is -0.508 e. The van der Waals surface area contributed by atoms with Crippen molar-refractivity contribution in [1.82, 2.24) is 0 Å². The summed E-state index contributed by atoms with van der Waals surface area (Å²) >= 11 is 0. The van der Waals surface area contributed by atoms with Gasteiger partial charge in [0.05, 0.1) is 0 Å². The van der Waals surface area contributed by atoms with Crippen LogP contribution in [0.3, 0.4) is 0 Å². The van der Waals surface area contributed by atoms with E-state index in [9.17, 15) is 9.50 Å². The Balaban J connectivity index is 2.21. The van der Waals surface area contributed by atoms with Crippen molar-refractivity contribution >= 4 is 0 Å². The second-order valence-electron chi connectivity index (χ2n) is 6.09. The number of halogens is 1. The van der Waals surface area contributed by atoms with Crippen LogP contribution in [-0.2, 0) is 11.8 Å². The molecule has 3 N–H and O–H groups in total. The highest BCUT2D eigenvalue weighted by molar-refractivity contribution is 5.45. The first-order valence-corrected chi connectivity index (χ1v) is 6.96. The third-order valence-corrected chi connectivity index (χ3v) is 4.88. The Kier molecular flexibility index (Phi) is 2.90. The maximum absolute atomic E-state index is 14.1. The molecule has 0 spiro atoms. The summed E-state index contributed by atoms with van der Waals surface area (Å²) in [5.74, 6) is -0.107. The molecule has 2 nitrogen and oxygen atoms in total. The van der Waals surface area contributed by atoms with Crippen molar-refractivity contribution in [3.63, 3.8) is 0 Å². The summed E-state index contributed by atoms with van der Waals surface area (Å²) in [6.07, 6.45) is 7.99. The molecule has 3 atom stereocenters. The number of hydrogen-bond acceptors (Lipinski definition) is 2. The van der Waals surface area contributed by atoms with E-state index in [0.717, 1.165) is 30.4 Å². The van der Waals surface area contributed by atoms with Crippen molar-refractivity contribution in [1.29, 1.82) is 0 Å². The monoisotopic (exact) mass is 261 g/mol. The van der Waals surface area contributed by atoms with Crippen LogP contribution < -0.4 is 5.73 Å². The van der Waals surface area contributed by atoms with E-state index in [2.05, 4.69) is 19.1 Å². The predicted octanol–water partition coefficient (Wildman–Crippen LogP) is 3.03. The van der Waals surface area contributed by atoms with Gasteiger partial charge in [-0.3, -0.25) is 0 Å². The molecule has 0 heterocycles. The fourth-order valence-electron chi connectivity index (χ4n) is 3.70. The third-order valence-electron chi connectivity index (χ3n) is 4.88. The van der Waals surface area contributed by atoms with Crippen LogP contribution in [0.1, 0.15) is 37.3 Å². The van der Waals surface area contributed by atoms with Gasteiger partial charge in [0.1, 0.15) is 11.6 Å². The summed E-state index contributed by atoms with van der Waals surface area (Å²) < 4.78 is 14.1. The molecule has 0 saturated carbocycles. The topological polar surface area (TPSA) is 46.2 Å². The number of benzene rings is 1. The van der Waals surface area contributed by atoms with E-state index in [1.54, 1.807) is 6.07 Å². The average Bonchev–Trinajstić information content (AvgIpc) is 2.35. The molecule has 0 saturated heterocycles. The molecule has 0 unspecified atom stereocenters. The number of allylic oxidation sites excluding steroid dienone is 1. The van der Waals surface area contributed by atoms with Gasteiger partial charge in [0, 0.05) is 17.5 Å². The molecule has 0 radical (unpaired) electrons. The molecule has 1 aromatic carbocycles. The summed E-state index contributed by atoms with van der Waals surface area (Å²) in [6.45, 7) is 2.11. The normalized spacial score (nSPS) is 33.4. The number of aromatic hydroxyl groups is 1. The lowest BCUT2D eigenvalue weighted by Gasteiger charge is -2.46. The van der Waals surface area contributed by atoms with Gasteiger partial charge >= 0.3 is 0 Å². The molecule has 3 rings (SSSR count). The van der Waals surface area contributed by atoms with Gasteiger partial charge in [0.15, 0.2) is 0 Å². The van der Waals surface area contributed by atoms with Gasteiger partial charge in [-0.15, -0.1) is 0 Å². The minimum atomic E-state index is -0.299. The Morgan fingerprint density at radius 2 is 2.21 bits per heavy atom. The minimum absolute atomic E-state index is 0.000673. The number of phenols is 1. The zero-order chi connectivity index (χ0) is 13.6. The quantitative estimate of drug-likeness (QED) is 0.705. The van der Waals surface area contributed by atoms with Crippen molar-refractivity contribution < 1.29 is 9.50 Å². The summed E-state index contributed by atoms with van der Waals surface area (Å²) in [7, 11) is 0. The molecule has 2 aliphatic rings. The maximum Gasteiger partial charge on any atom is 0.130 e. The van der Waals surface area contributed by atoms with Crippen molar-refractivity contribution in [2.75, 3.05) is 0 Å². The first kappa shape index (κ1) is 12.7. The molecule has 19 heavy (non-hydrogen) atoms. The van der Waals surface area contributed by atoms with Crippen LogP contribution >= 0.6 is 0 Å². The first-order chi connectivity index (χ1) is 9.02. The van der Waals surface area contributed by atoms with Gasteiger partial charge in [-0.25, -0.2) is 4.39 Å². The molecule has 0 aromatic heterocycles. The lowest BCUT2D eigenvalue weighted by Crippen LogP contribution is -2.52. The lowest BCUT2D eigenvalue weighted by atomic mass is 9.61. The van der Waals surface area contributed by atoms with Crippen LogP contribution in [-0.4, -0.2) is 11.1 Å². The maximum atomic E-state index is 14.1. The zero-order valence-corrected chi connectivity index (χ0v) is 11.2. The first-order valence-electron chi connectivity index (χ1n) is 6.96. The van der Waals surface area contributed by atoms with Crippen LogP contribution in [0.5, 0.6) is 5.75 Å². The zero-order valence-electron chi connectivity index (χ0n) is 11.2. The lowest BCUT2D eigenvalue weighted by molar-refractivity contribution is 0.254. The number of hydrogen-bond donors (Lipinski definition) is 2. The molecular formula is C16H20FNO. The molecule has 2 bridgehead atoms. The van der Waals surface area contributed by atoms with E-state index in [1.807, 2.05) is 0 Å².